The molecule has 1 aromatic carbocycles. The van der Waals surface area contributed by atoms with Gasteiger partial charge in [0.15, 0.2) is 0 Å². The number of aromatic hydroxyl groups is 1. The van der Waals surface area contributed by atoms with E-state index in [9.17, 15) is 19.8 Å². The minimum absolute atomic E-state index is 0.0228. The molecule has 0 aliphatic carbocycles. The second kappa shape index (κ2) is 15.6. The Morgan fingerprint density at radius 2 is 1.74 bits per heavy atom. The number of aldehydes is 1. The van der Waals surface area contributed by atoms with E-state index < -0.39 is 12.1 Å². The van der Waals surface area contributed by atoms with Crippen molar-refractivity contribution in [2.24, 2.45) is 17.8 Å². The normalized spacial score (nSPS) is 15.5. The molecule has 6 nitrogen and oxygen atoms in total. The van der Waals surface area contributed by atoms with Gasteiger partial charge in [-0.15, -0.1) is 0 Å². The van der Waals surface area contributed by atoms with Crippen LogP contribution in [0.5, 0.6) is 5.75 Å². The van der Waals surface area contributed by atoms with Crippen LogP contribution in [0.4, 0.5) is 0 Å². The quantitative estimate of drug-likeness (QED) is 0.219. The van der Waals surface area contributed by atoms with Crippen molar-refractivity contribution in [3.8, 4) is 5.75 Å². The Bertz CT molecular complexity index is 658. The van der Waals surface area contributed by atoms with Crippen LogP contribution in [0, 0.1) is 17.8 Å². The predicted octanol–water partition coefficient (Wildman–Crippen LogP) is 3.95. The van der Waals surface area contributed by atoms with Gasteiger partial charge in [0.05, 0.1) is 6.10 Å². The van der Waals surface area contributed by atoms with Crippen LogP contribution in [-0.2, 0) is 16.0 Å². The van der Waals surface area contributed by atoms with Crippen molar-refractivity contribution in [1.82, 2.24) is 5.32 Å². The number of phenolic OH excluding ortho intramolecular Hbond substituents is 1. The molecule has 0 saturated carbocycles. The van der Waals surface area contributed by atoms with Gasteiger partial charge in [-0.25, -0.2) is 4.79 Å². The second-order valence-electron chi connectivity index (χ2n) is 8.60. The number of carboxylic acids is 1. The first-order valence-electron chi connectivity index (χ1n) is 11.3. The second-order valence-corrected chi connectivity index (χ2v) is 8.60. The molecule has 0 spiro atoms. The molecule has 0 aliphatic rings. The molecule has 0 aliphatic heterocycles. The zero-order valence-corrected chi connectivity index (χ0v) is 18.9. The van der Waals surface area contributed by atoms with Gasteiger partial charge >= 0.3 is 5.97 Å². The Morgan fingerprint density at radius 3 is 2.35 bits per heavy atom. The van der Waals surface area contributed by atoms with Crippen molar-refractivity contribution in [3.05, 3.63) is 42.0 Å². The Hall–Kier alpha value is -2.18. The SMILES string of the molecule is CNC[C@H](C=CC(=O)O)CCC[C@H](CC[C@H](O)CC[C@@H](C)C=O)Cc1ccc(O)cc1. The average molecular weight is 434 g/mol. The maximum Gasteiger partial charge on any atom is 0.327 e. The summed E-state index contributed by atoms with van der Waals surface area (Å²) in [6, 6.07) is 7.26. The van der Waals surface area contributed by atoms with Gasteiger partial charge < -0.3 is 25.4 Å². The summed E-state index contributed by atoms with van der Waals surface area (Å²) in [4.78, 5) is 21.6. The van der Waals surface area contributed by atoms with Crippen LogP contribution in [0.3, 0.4) is 0 Å². The molecule has 0 heterocycles. The number of aliphatic hydroxyl groups excluding tert-OH is 1. The lowest BCUT2D eigenvalue weighted by Gasteiger charge is -2.21. The molecule has 0 amide bonds. The first-order chi connectivity index (χ1) is 14.8. The third-order valence-corrected chi connectivity index (χ3v) is 5.72. The highest BCUT2D eigenvalue weighted by Crippen LogP contribution is 2.25. The number of benzene rings is 1. The third-order valence-electron chi connectivity index (χ3n) is 5.72. The highest BCUT2D eigenvalue weighted by Gasteiger charge is 2.15. The van der Waals surface area contributed by atoms with Crippen LogP contribution in [0.2, 0.25) is 0 Å². The highest BCUT2D eigenvalue weighted by molar-refractivity contribution is 5.79. The van der Waals surface area contributed by atoms with Gasteiger partial charge in [-0.05, 0) is 75.1 Å². The number of carbonyl (C=O) groups excluding carboxylic acids is 1. The molecule has 0 aromatic heterocycles. The van der Waals surface area contributed by atoms with Gasteiger partial charge in [0, 0.05) is 18.5 Å². The lowest BCUT2D eigenvalue weighted by molar-refractivity contribution is -0.131. The van der Waals surface area contributed by atoms with Crippen LogP contribution in [0.1, 0.15) is 57.4 Å². The predicted molar refractivity (Wildman–Crippen MR) is 123 cm³/mol. The summed E-state index contributed by atoms with van der Waals surface area (Å²) in [5.74, 6) is -0.137. The number of aliphatic carboxylic acids is 1. The number of hydrogen-bond acceptors (Lipinski definition) is 5. The van der Waals surface area contributed by atoms with Crippen molar-refractivity contribution >= 4 is 12.3 Å². The molecule has 0 bridgehead atoms. The van der Waals surface area contributed by atoms with E-state index in [0.717, 1.165) is 50.5 Å². The topological polar surface area (TPSA) is 107 Å². The molecule has 1 aromatic rings. The Kier molecular flexibility index (Phi) is 13.5. The molecule has 4 N–H and O–H groups in total. The summed E-state index contributed by atoms with van der Waals surface area (Å²) in [7, 11) is 1.86. The Labute approximate surface area is 186 Å². The average Bonchev–Trinajstić information content (AvgIpc) is 2.75. The van der Waals surface area contributed by atoms with Crippen molar-refractivity contribution in [3.63, 3.8) is 0 Å². The minimum Gasteiger partial charge on any atom is -0.508 e. The van der Waals surface area contributed by atoms with E-state index in [4.69, 9.17) is 5.11 Å². The monoisotopic (exact) mass is 433 g/mol. The smallest absolute Gasteiger partial charge is 0.327 e. The summed E-state index contributed by atoms with van der Waals surface area (Å²) >= 11 is 0. The van der Waals surface area contributed by atoms with Crippen LogP contribution in [0.25, 0.3) is 0 Å². The van der Waals surface area contributed by atoms with Crippen LogP contribution in [0.15, 0.2) is 36.4 Å². The van der Waals surface area contributed by atoms with Crippen molar-refractivity contribution in [2.45, 2.75) is 64.4 Å². The van der Waals surface area contributed by atoms with Crippen LogP contribution >= 0.6 is 0 Å². The first-order valence-corrected chi connectivity index (χ1v) is 11.3. The molecular weight excluding hydrogens is 394 g/mol. The van der Waals surface area contributed by atoms with Crippen LogP contribution in [-0.4, -0.2) is 47.3 Å². The molecular formula is C25H39NO5. The zero-order valence-electron chi connectivity index (χ0n) is 18.9. The Morgan fingerprint density at radius 1 is 1.06 bits per heavy atom. The number of phenols is 1. The molecule has 174 valence electrons. The Balaban J connectivity index is 2.63. The van der Waals surface area contributed by atoms with Gasteiger partial charge in [-0.1, -0.05) is 38.0 Å². The van der Waals surface area contributed by atoms with Crippen molar-refractivity contribution in [2.75, 3.05) is 13.6 Å². The van der Waals surface area contributed by atoms with E-state index in [1.54, 1.807) is 18.2 Å². The fourth-order valence-corrected chi connectivity index (χ4v) is 3.83. The first kappa shape index (κ1) is 26.9. The van der Waals surface area contributed by atoms with Crippen LogP contribution < -0.4 is 5.32 Å². The van der Waals surface area contributed by atoms with Crippen molar-refractivity contribution < 1.29 is 24.9 Å². The maximum absolute atomic E-state index is 10.8. The number of carboxylic acid groups (broad SMARTS) is 1. The number of hydrogen-bond donors (Lipinski definition) is 4. The maximum atomic E-state index is 10.8. The van der Waals surface area contributed by atoms with Gasteiger partial charge in [0.25, 0.3) is 0 Å². The molecule has 1 rings (SSSR count). The van der Waals surface area contributed by atoms with Crippen molar-refractivity contribution in [1.29, 1.82) is 0 Å². The molecule has 31 heavy (non-hydrogen) atoms. The van der Waals surface area contributed by atoms with Gasteiger partial charge in [0.1, 0.15) is 12.0 Å². The van der Waals surface area contributed by atoms with Gasteiger partial charge in [0.2, 0.25) is 0 Å². The molecule has 0 fully saturated rings. The number of nitrogens with one attached hydrogen (secondary N) is 1. The van der Waals surface area contributed by atoms with E-state index in [1.165, 1.54) is 6.08 Å². The molecule has 0 radical (unpaired) electrons. The van der Waals surface area contributed by atoms with E-state index in [-0.39, 0.29) is 17.6 Å². The lowest BCUT2D eigenvalue weighted by Crippen LogP contribution is -2.18. The summed E-state index contributed by atoms with van der Waals surface area (Å²) < 4.78 is 0. The summed E-state index contributed by atoms with van der Waals surface area (Å²) in [6.07, 6.45) is 10.2. The van der Waals surface area contributed by atoms with E-state index in [1.807, 2.05) is 26.1 Å². The molecule has 0 saturated heterocycles. The summed E-state index contributed by atoms with van der Waals surface area (Å²) in [5.41, 5.74) is 1.16. The third kappa shape index (κ3) is 13.0. The fraction of sp³-hybridized carbons (Fsp3) is 0.600. The zero-order chi connectivity index (χ0) is 23.1. The standard InChI is InChI=1S/C25H39NO5/c1-19(18-27)6-11-23(28)12-7-20(16-21-8-13-24(29)14-9-21)4-3-5-22(17-26-2)10-15-25(30)31/h8-10,13-15,18-20,22-23,26,28-29H,3-7,11-12,16-17H2,1-2H3,(H,30,31)/t19-,20-,22+,23-/m1/s1. The number of rotatable bonds is 17. The fourth-order valence-electron chi connectivity index (χ4n) is 3.83. The van der Waals surface area contributed by atoms with E-state index >= 15 is 0 Å². The van der Waals surface area contributed by atoms with E-state index in [2.05, 4.69) is 5.32 Å². The van der Waals surface area contributed by atoms with E-state index in [0.29, 0.717) is 25.2 Å². The number of carbonyl (C=O) groups is 2. The van der Waals surface area contributed by atoms with Gasteiger partial charge in [-0.3, -0.25) is 0 Å². The highest BCUT2D eigenvalue weighted by atomic mass is 16.4. The summed E-state index contributed by atoms with van der Waals surface area (Å²) in [5, 5.41) is 31.8. The minimum atomic E-state index is -0.927. The largest absolute Gasteiger partial charge is 0.508 e. The molecule has 4 atom stereocenters. The lowest BCUT2D eigenvalue weighted by atomic mass is 9.87. The number of aliphatic hydroxyl groups is 1. The summed E-state index contributed by atoms with van der Waals surface area (Å²) in [6.45, 7) is 2.60. The molecule has 0 unspecified atom stereocenters. The molecule has 6 heteroatoms. The van der Waals surface area contributed by atoms with Gasteiger partial charge in [-0.2, -0.15) is 0 Å².